The summed E-state index contributed by atoms with van der Waals surface area (Å²) in [6.45, 7) is 3.91. The highest BCUT2D eigenvalue weighted by Crippen LogP contribution is 2.32. The van der Waals surface area contributed by atoms with E-state index in [-0.39, 0.29) is 19.1 Å². The van der Waals surface area contributed by atoms with Gasteiger partial charge in [-0.25, -0.2) is 0 Å². The number of nitrogens with one attached hydrogen (secondary N) is 1. The largest absolute Gasteiger partial charge is 0.488 e. The third-order valence-electron chi connectivity index (χ3n) is 2.64. The summed E-state index contributed by atoms with van der Waals surface area (Å²) >= 11 is 11.9. The van der Waals surface area contributed by atoms with Gasteiger partial charge in [0.05, 0.1) is 16.7 Å². The fourth-order valence-corrected chi connectivity index (χ4v) is 2.03. The minimum atomic E-state index is -0.811. The van der Waals surface area contributed by atoms with Gasteiger partial charge in [-0.15, -0.1) is 0 Å². The van der Waals surface area contributed by atoms with Crippen molar-refractivity contribution in [2.75, 3.05) is 19.8 Å². The third-order valence-corrected chi connectivity index (χ3v) is 3.23. The average Bonchev–Trinajstić information content (AvgIpc) is 2.44. The number of hydrogen-bond donors (Lipinski definition) is 2. The molecular weight excluding hydrogens is 317 g/mol. The van der Waals surface area contributed by atoms with E-state index in [2.05, 4.69) is 5.32 Å². The molecule has 1 aromatic rings. The van der Waals surface area contributed by atoms with Gasteiger partial charge >= 0.3 is 5.97 Å². The van der Waals surface area contributed by atoms with Gasteiger partial charge in [-0.2, -0.15) is 0 Å². The normalized spacial score (nSPS) is 13.6. The molecule has 5 nitrogen and oxygen atoms in total. The van der Waals surface area contributed by atoms with Gasteiger partial charge in [0, 0.05) is 6.54 Å². The Labute approximate surface area is 134 Å². The number of hydrogen-bond acceptors (Lipinski definition) is 5. The minimum absolute atomic E-state index is 0.00595. The second-order valence-corrected chi connectivity index (χ2v) is 5.21. The number of halogens is 2. The van der Waals surface area contributed by atoms with Gasteiger partial charge < -0.3 is 19.9 Å². The Kier molecular flexibility index (Phi) is 7.82. The summed E-state index contributed by atoms with van der Waals surface area (Å²) in [5, 5.41) is 13.4. The molecule has 0 spiro atoms. The van der Waals surface area contributed by atoms with Gasteiger partial charge in [-0.1, -0.05) is 29.3 Å². The lowest BCUT2D eigenvalue weighted by molar-refractivity contribution is -0.145. The summed E-state index contributed by atoms with van der Waals surface area (Å²) in [6.07, 6.45) is -0.811. The monoisotopic (exact) mass is 335 g/mol. The molecule has 0 radical (unpaired) electrons. The second kappa shape index (κ2) is 9.10. The zero-order chi connectivity index (χ0) is 15.8. The van der Waals surface area contributed by atoms with Crippen LogP contribution in [0.15, 0.2) is 18.2 Å². The molecule has 0 aliphatic rings. The van der Waals surface area contributed by atoms with Crippen LogP contribution >= 0.6 is 23.2 Å². The molecule has 2 unspecified atom stereocenters. The number of aliphatic hydroxyl groups excluding tert-OH is 1. The molecule has 0 aliphatic heterocycles. The molecular formula is C14H19Cl2NO4. The Morgan fingerprint density at radius 1 is 1.38 bits per heavy atom. The average molecular weight is 336 g/mol. The fourth-order valence-electron chi connectivity index (χ4n) is 1.52. The Balaban J connectivity index is 2.38. The zero-order valence-corrected chi connectivity index (χ0v) is 13.4. The summed E-state index contributed by atoms with van der Waals surface area (Å²) in [5.41, 5.74) is 0. The number of rotatable bonds is 8. The predicted octanol–water partition coefficient (Wildman–Crippen LogP) is 2.27. The molecule has 0 fully saturated rings. The van der Waals surface area contributed by atoms with Crippen LogP contribution in [-0.4, -0.2) is 43.0 Å². The molecule has 0 bridgehead atoms. The van der Waals surface area contributed by atoms with Crippen molar-refractivity contribution < 1.29 is 19.4 Å². The van der Waals surface area contributed by atoms with Crippen LogP contribution in [0.3, 0.4) is 0 Å². The quantitative estimate of drug-likeness (QED) is 0.713. The van der Waals surface area contributed by atoms with E-state index in [0.29, 0.717) is 22.4 Å². The molecule has 0 amide bonds. The SMILES string of the molecule is CCOC(=O)C(C)NCC(O)COc1c(Cl)cccc1Cl. The second-order valence-electron chi connectivity index (χ2n) is 4.40. The van der Waals surface area contributed by atoms with Crippen LogP contribution in [-0.2, 0) is 9.53 Å². The lowest BCUT2D eigenvalue weighted by atomic mass is 10.3. The molecule has 0 heterocycles. The lowest BCUT2D eigenvalue weighted by Gasteiger charge is -2.17. The van der Waals surface area contributed by atoms with Crippen molar-refractivity contribution in [1.82, 2.24) is 5.32 Å². The summed E-state index contributed by atoms with van der Waals surface area (Å²) in [5.74, 6) is -0.0295. The molecule has 21 heavy (non-hydrogen) atoms. The summed E-state index contributed by atoms with van der Waals surface area (Å²) in [4.78, 5) is 11.4. The first-order chi connectivity index (χ1) is 9.95. The first-order valence-corrected chi connectivity index (χ1v) is 7.36. The van der Waals surface area contributed by atoms with E-state index in [1.54, 1.807) is 32.0 Å². The van der Waals surface area contributed by atoms with Crippen molar-refractivity contribution in [1.29, 1.82) is 0 Å². The van der Waals surface area contributed by atoms with Gasteiger partial charge in [-0.3, -0.25) is 4.79 Å². The van der Waals surface area contributed by atoms with E-state index in [0.717, 1.165) is 0 Å². The van der Waals surface area contributed by atoms with E-state index in [4.69, 9.17) is 32.7 Å². The van der Waals surface area contributed by atoms with E-state index >= 15 is 0 Å². The highest BCUT2D eigenvalue weighted by Gasteiger charge is 2.16. The van der Waals surface area contributed by atoms with Crippen molar-refractivity contribution in [3.8, 4) is 5.75 Å². The molecule has 1 aromatic carbocycles. The van der Waals surface area contributed by atoms with Crippen LogP contribution in [0, 0.1) is 0 Å². The van der Waals surface area contributed by atoms with Crippen LogP contribution < -0.4 is 10.1 Å². The van der Waals surface area contributed by atoms with Crippen molar-refractivity contribution in [3.63, 3.8) is 0 Å². The van der Waals surface area contributed by atoms with E-state index < -0.39 is 12.1 Å². The van der Waals surface area contributed by atoms with Gasteiger partial charge in [0.1, 0.15) is 18.8 Å². The number of aliphatic hydroxyl groups is 1. The molecule has 2 atom stereocenters. The smallest absolute Gasteiger partial charge is 0.322 e. The molecule has 0 aromatic heterocycles. The molecule has 0 aliphatic carbocycles. The fraction of sp³-hybridized carbons (Fsp3) is 0.500. The maximum Gasteiger partial charge on any atom is 0.322 e. The van der Waals surface area contributed by atoms with Gasteiger partial charge in [0.2, 0.25) is 0 Å². The highest BCUT2D eigenvalue weighted by atomic mass is 35.5. The molecule has 2 N–H and O–H groups in total. The Morgan fingerprint density at radius 3 is 2.57 bits per heavy atom. The standard InChI is InChI=1S/C14H19Cl2NO4/c1-3-20-14(19)9(2)17-7-10(18)8-21-13-11(15)5-4-6-12(13)16/h4-6,9-10,17-18H,3,7-8H2,1-2H3. The highest BCUT2D eigenvalue weighted by molar-refractivity contribution is 6.37. The lowest BCUT2D eigenvalue weighted by Crippen LogP contribution is -2.41. The summed E-state index contributed by atoms with van der Waals surface area (Å²) < 4.78 is 10.2. The van der Waals surface area contributed by atoms with Crippen LogP contribution in [0.1, 0.15) is 13.8 Å². The molecule has 0 saturated carbocycles. The number of esters is 1. The number of carbonyl (C=O) groups is 1. The van der Waals surface area contributed by atoms with Gasteiger partial charge in [-0.05, 0) is 26.0 Å². The molecule has 118 valence electrons. The van der Waals surface area contributed by atoms with Crippen LogP contribution in [0.2, 0.25) is 10.0 Å². The van der Waals surface area contributed by atoms with Crippen molar-refractivity contribution in [2.45, 2.75) is 26.0 Å². The summed E-state index contributed by atoms with van der Waals surface area (Å²) in [6, 6.07) is 4.51. The number of carbonyl (C=O) groups excluding carboxylic acids is 1. The van der Waals surface area contributed by atoms with Crippen LogP contribution in [0.5, 0.6) is 5.75 Å². The maximum absolute atomic E-state index is 11.4. The first-order valence-electron chi connectivity index (χ1n) is 6.60. The third kappa shape index (κ3) is 6.09. The van der Waals surface area contributed by atoms with Gasteiger partial charge in [0.25, 0.3) is 0 Å². The number of benzene rings is 1. The first kappa shape index (κ1) is 18.0. The van der Waals surface area contributed by atoms with E-state index in [9.17, 15) is 9.90 Å². The van der Waals surface area contributed by atoms with Crippen molar-refractivity contribution in [3.05, 3.63) is 28.2 Å². The summed E-state index contributed by atoms with van der Waals surface area (Å²) in [7, 11) is 0. The predicted molar refractivity (Wildman–Crippen MR) is 82.1 cm³/mol. The Bertz CT molecular complexity index is 450. The molecule has 0 saturated heterocycles. The Hall–Kier alpha value is -1.01. The number of ether oxygens (including phenoxy) is 2. The topological polar surface area (TPSA) is 67.8 Å². The maximum atomic E-state index is 11.4. The number of para-hydroxylation sites is 1. The molecule has 7 heteroatoms. The van der Waals surface area contributed by atoms with E-state index in [1.165, 1.54) is 0 Å². The van der Waals surface area contributed by atoms with Crippen LogP contribution in [0.4, 0.5) is 0 Å². The Morgan fingerprint density at radius 2 is 2.00 bits per heavy atom. The van der Waals surface area contributed by atoms with E-state index in [1.807, 2.05) is 0 Å². The molecule has 1 rings (SSSR count). The van der Waals surface area contributed by atoms with Crippen molar-refractivity contribution >= 4 is 29.2 Å². The van der Waals surface area contributed by atoms with Crippen molar-refractivity contribution in [2.24, 2.45) is 0 Å². The van der Waals surface area contributed by atoms with Crippen LogP contribution in [0.25, 0.3) is 0 Å². The zero-order valence-electron chi connectivity index (χ0n) is 11.9. The van der Waals surface area contributed by atoms with Gasteiger partial charge in [0.15, 0.2) is 5.75 Å². The minimum Gasteiger partial charge on any atom is -0.488 e.